The van der Waals surface area contributed by atoms with Crippen LogP contribution in [0.2, 0.25) is 10.0 Å². The van der Waals surface area contributed by atoms with E-state index in [0.29, 0.717) is 0 Å². The molecule has 0 bridgehead atoms. The van der Waals surface area contributed by atoms with Crippen molar-refractivity contribution in [2.45, 2.75) is 6.61 Å². The van der Waals surface area contributed by atoms with E-state index >= 15 is 0 Å². The van der Waals surface area contributed by atoms with Gasteiger partial charge in [0.15, 0.2) is 5.75 Å². The molecule has 0 aliphatic heterocycles. The Bertz CT molecular complexity index is 624. The molecule has 0 aliphatic rings. The van der Waals surface area contributed by atoms with Gasteiger partial charge in [-0.1, -0.05) is 35.3 Å². The van der Waals surface area contributed by atoms with Crippen molar-refractivity contribution < 1.29 is 9.66 Å². The van der Waals surface area contributed by atoms with E-state index in [2.05, 4.69) is 22.6 Å². The molecule has 0 fully saturated rings. The van der Waals surface area contributed by atoms with Gasteiger partial charge in [0.25, 0.3) is 5.69 Å². The number of nitro groups is 1. The van der Waals surface area contributed by atoms with Crippen LogP contribution in [0.5, 0.6) is 5.75 Å². The zero-order valence-corrected chi connectivity index (χ0v) is 13.6. The maximum absolute atomic E-state index is 10.7. The van der Waals surface area contributed by atoms with E-state index in [4.69, 9.17) is 27.9 Å². The first-order valence-corrected chi connectivity index (χ1v) is 7.31. The van der Waals surface area contributed by atoms with Gasteiger partial charge in [-0.2, -0.15) is 0 Å². The second-order valence-corrected chi connectivity index (χ2v) is 5.97. The van der Waals surface area contributed by atoms with Crippen LogP contribution >= 0.6 is 45.8 Å². The van der Waals surface area contributed by atoms with Gasteiger partial charge in [0.1, 0.15) is 6.61 Å². The predicted octanol–water partition coefficient (Wildman–Crippen LogP) is 5.09. The molecule has 0 unspecified atom stereocenters. The van der Waals surface area contributed by atoms with Crippen molar-refractivity contribution in [3.05, 3.63) is 65.7 Å². The molecule has 2 aromatic rings. The molecule has 0 amide bonds. The average molecular weight is 424 g/mol. The van der Waals surface area contributed by atoms with Gasteiger partial charge in [-0.15, -0.1) is 0 Å². The van der Waals surface area contributed by atoms with Crippen molar-refractivity contribution in [3.63, 3.8) is 0 Å². The summed E-state index contributed by atoms with van der Waals surface area (Å²) in [6.07, 6.45) is 0. The maximum Gasteiger partial charge on any atom is 0.272 e. The number of ether oxygens (including phenoxy) is 1. The Kier molecular flexibility index (Phi) is 5.06. The zero-order valence-electron chi connectivity index (χ0n) is 9.98. The molecule has 104 valence electrons. The van der Waals surface area contributed by atoms with Gasteiger partial charge in [-0.25, -0.2) is 0 Å². The maximum atomic E-state index is 10.7. The lowest BCUT2D eigenvalue weighted by Gasteiger charge is -2.10. The number of nitro benzene ring substituents is 1. The first-order valence-electron chi connectivity index (χ1n) is 5.48. The number of nitrogens with zero attached hydrogens (tertiary/aromatic N) is 1. The molecule has 7 heteroatoms. The molecule has 0 heterocycles. The van der Waals surface area contributed by atoms with Crippen LogP contribution in [0.25, 0.3) is 0 Å². The van der Waals surface area contributed by atoms with E-state index in [-0.39, 0.29) is 28.1 Å². The lowest BCUT2D eigenvalue weighted by molar-refractivity contribution is -0.384. The molecular weight excluding hydrogens is 416 g/mol. The Morgan fingerprint density at radius 3 is 2.20 bits per heavy atom. The van der Waals surface area contributed by atoms with Crippen molar-refractivity contribution in [2.75, 3.05) is 0 Å². The number of hydrogen-bond donors (Lipinski definition) is 0. The van der Waals surface area contributed by atoms with E-state index in [1.165, 1.54) is 12.1 Å². The quantitative estimate of drug-likeness (QED) is 0.391. The van der Waals surface area contributed by atoms with Crippen molar-refractivity contribution >= 4 is 51.5 Å². The third-order valence-corrected chi connectivity index (χ3v) is 3.77. The molecule has 0 saturated carbocycles. The van der Waals surface area contributed by atoms with Gasteiger partial charge >= 0.3 is 0 Å². The second-order valence-electron chi connectivity index (χ2n) is 3.91. The smallest absolute Gasteiger partial charge is 0.272 e. The highest BCUT2D eigenvalue weighted by atomic mass is 127. The molecule has 0 spiro atoms. The first kappa shape index (κ1) is 15.3. The summed E-state index contributed by atoms with van der Waals surface area (Å²) in [6.45, 7) is 0.286. The fourth-order valence-corrected chi connectivity index (χ4v) is 2.47. The average Bonchev–Trinajstić information content (AvgIpc) is 2.39. The minimum absolute atomic E-state index is 0.120. The molecule has 0 radical (unpaired) electrons. The number of rotatable bonds is 4. The van der Waals surface area contributed by atoms with E-state index in [1.807, 2.05) is 24.3 Å². The highest BCUT2D eigenvalue weighted by molar-refractivity contribution is 14.1. The SMILES string of the molecule is O=[N+]([O-])c1cc(Cl)c(OCc2ccc(I)cc2)c(Cl)c1. The zero-order chi connectivity index (χ0) is 14.7. The summed E-state index contributed by atoms with van der Waals surface area (Å²) in [5.74, 6) is 0.248. The Labute approximate surface area is 138 Å². The minimum atomic E-state index is -0.555. The van der Waals surface area contributed by atoms with Gasteiger partial charge in [0.05, 0.1) is 15.0 Å². The topological polar surface area (TPSA) is 52.4 Å². The summed E-state index contributed by atoms with van der Waals surface area (Å²) in [4.78, 5) is 10.1. The lowest BCUT2D eigenvalue weighted by Crippen LogP contribution is -1.97. The molecule has 0 atom stereocenters. The van der Waals surface area contributed by atoms with Crippen LogP contribution in [0.4, 0.5) is 5.69 Å². The normalized spacial score (nSPS) is 10.3. The number of benzene rings is 2. The number of non-ortho nitro benzene ring substituents is 1. The second kappa shape index (κ2) is 6.60. The Hall–Kier alpha value is -1.05. The van der Waals surface area contributed by atoms with Crippen LogP contribution in [0.1, 0.15) is 5.56 Å². The van der Waals surface area contributed by atoms with Crippen molar-refractivity contribution in [2.24, 2.45) is 0 Å². The molecule has 0 aromatic heterocycles. The molecule has 0 saturated heterocycles. The Morgan fingerprint density at radius 1 is 1.15 bits per heavy atom. The van der Waals surface area contributed by atoms with Crippen LogP contribution in [-0.4, -0.2) is 4.92 Å². The molecule has 0 aliphatic carbocycles. The summed E-state index contributed by atoms with van der Waals surface area (Å²) < 4.78 is 6.66. The van der Waals surface area contributed by atoms with Gasteiger partial charge < -0.3 is 4.74 Å². The van der Waals surface area contributed by atoms with Crippen molar-refractivity contribution in [1.29, 1.82) is 0 Å². The fourth-order valence-electron chi connectivity index (χ4n) is 1.53. The summed E-state index contributed by atoms with van der Waals surface area (Å²) >= 11 is 14.1. The van der Waals surface area contributed by atoms with Crippen LogP contribution < -0.4 is 4.74 Å². The van der Waals surface area contributed by atoms with Crippen LogP contribution in [0, 0.1) is 13.7 Å². The molecule has 2 rings (SSSR count). The molecule has 4 nitrogen and oxygen atoms in total. The van der Waals surface area contributed by atoms with E-state index in [1.54, 1.807) is 0 Å². The van der Waals surface area contributed by atoms with Crippen LogP contribution in [0.15, 0.2) is 36.4 Å². The van der Waals surface area contributed by atoms with Crippen molar-refractivity contribution in [1.82, 2.24) is 0 Å². The highest BCUT2D eigenvalue weighted by Gasteiger charge is 2.15. The number of halogens is 3. The van der Waals surface area contributed by atoms with E-state index in [0.717, 1.165) is 9.13 Å². The van der Waals surface area contributed by atoms with E-state index in [9.17, 15) is 10.1 Å². The monoisotopic (exact) mass is 423 g/mol. The minimum Gasteiger partial charge on any atom is -0.486 e. The van der Waals surface area contributed by atoms with Crippen LogP contribution in [0.3, 0.4) is 0 Å². The predicted molar refractivity (Wildman–Crippen MR) is 86.6 cm³/mol. The molecule has 0 N–H and O–H groups in total. The Morgan fingerprint density at radius 2 is 1.70 bits per heavy atom. The van der Waals surface area contributed by atoms with Gasteiger partial charge in [-0.05, 0) is 40.3 Å². The number of hydrogen-bond acceptors (Lipinski definition) is 3. The van der Waals surface area contributed by atoms with Gasteiger partial charge in [0.2, 0.25) is 0 Å². The summed E-state index contributed by atoms with van der Waals surface area (Å²) in [5, 5.41) is 10.9. The van der Waals surface area contributed by atoms with E-state index < -0.39 is 4.92 Å². The third kappa shape index (κ3) is 3.74. The van der Waals surface area contributed by atoms with Gasteiger partial charge in [-0.3, -0.25) is 10.1 Å². The lowest BCUT2D eigenvalue weighted by atomic mass is 10.2. The summed E-state index contributed by atoms with van der Waals surface area (Å²) in [5.41, 5.74) is 0.789. The third-order valence-electron chi connectivity index (χ3n) is 2.49. The summed E-state index contributed by atoms with van der Waals surface area (Å²) in [7, 11) is 0. The highest BCUT2D eigenvalue weighted by Crippen LogP contribution is 2.37. The van der Waals surface area contributed by atoms with Crippen LogP contribution in [-0.2, 0) is 6.61 Å². The largest absolute Gasteiger partial charge is 0.486 e. The van der Waals surface area contributed by atoms with Crippen molar-refractivity contribution in [3.8, 4) is 5.75 Å². The summed E-state index contributed by atoms with van der Waals surface area (Å²) in [6, 6.07) is 10.2. The first-order chi connectivity index (χ1) is 9.47. The molecule has 20 heavy (non-hydrogen) atoms. The Balaban J connectivity index is 2.17. The van der Waals surface area contributed by atoms with Gasteiger partial charge in [0, 0.05) is 15.7 Å². The molecular formula is C13H8Cl2INO3. The molecule has 2 aromatic carbocycles. The standard InChI is InChI=1S/C13H8Cl2INO3/c14-11-5-10(17(18)19)6-12(15)13(11)20-7-8-1-3-9(16)4-2-8/h1-6H,7H2. The fraction of sp³-hybridized carbons (Fsp3) is 0.0769.